The fourth-order valence-electron chi connectivity index (χ4n) is 6.19. The van der Waals surface area contributed by atoms with Gasteiger partial charge in [-0.25, -0.2) is 8.42 Å². The maximum Gasteiger partial charge on any atom is 0.243 e. The highest BCUT2D eigenvalue weighted by molar-refractivity contribution is 7.89. The largest absolute Gasteiger partial charge is 0.294 e. The highest BCUT2D eigenvalue weighted by atomic mass is 32.2. The average molecular weight is 544 g/mol. The summed E-state index contributed by atoms with van der Waals surface area (Å²) in [4.78, 5) is 14.1. The lowest BCUT2D eigenvalue weighted by atomic mass is 9.85. The van der Waals surface area contributed by atoms with Crippen LogP contribution >= 0.6 is 0 Å². The number of nitrogens with zero attached hydrogens (tertiary/aromatic N) is 1. The number of hydrogen-bond donors (Lipinski definition) is 0. The fourth-order valence-corrected chi connectivity index (χ4v) is 7.56. The van der Waals surface area contributed by atoms with Crippen LogP contribution in [0.15, 0.2) is 65.6 Å². The summed E-state index contributed by atoms with van der Waals surface area (Å²) in [5.74, 6) is 0.185. The Bertz CT molecular complexity index is 1390. The van der Waals surface area contributed by atoms with Gasteiger partial charge in [-0.3, -0.25) is 4.79 Å². The first-order valence-corrected chi connectivity index (χ1v) is 16.2. The molecule has 206 valence electrons. The molecule has 0 saturated heterocycles. The number of sulfonamides is 1. The smallest absolute Gasteiger partial charge is 0.243 e. The predicted octanol–water partition coefficient (Wildman–Crippen LogP) is 7.73. The molecule has 0 radical (unpaired) electrons. The first-order valence-electron chi connectivity index (χ1n) is 14.7. The van der Waals surface area contributed by atoms with Gasteiger partial charge < -0.3 is 0 Å². The summed E-state index contributed by atoms with van der Waals surface area (Å²) in [6.07, 6.45) is 12.4. The van der Waals surface area contributed by atoms with Gasteiger partial charge in [0.15, 0.2) is 5.78 Å². The third kappa shape index (κ3) is 6.53. The van der Waals surface area contributed by atoms with E-state index < -0.39 is 10.0 Å². The first-order chi connectivity index (χ1) is 18.9. The molecule has 0 saturated carbocycles. The SMILES string of the molecule is Cc1ccc(S(=O)(=O)N2Cc3c4cc(C(=O)CCc5ccccc5)c(c3C2)CCCCCCCCCC4)cc1. The van der Waals surface area contributed by atoms with Gasteiger partial charge in [-0.05, 0) is 85.0 Å². The van der Waals surface area contributed by atoms with Gasteiger partial charge in [-0.2, -0.15) is 4.31 Å². The zero-order valence-electron chi connectivity index (χ0n) is 23.3. The van der Waals surface area contributed by atoms with Gasteiger partial charge in [0.25, 0.3) is 0 Å². The van der Waals surface area contributed by atoms with E-state index in [1.54, 1.807) is 16.4 Å². The van der Waals surface area contributed by atoms with Crippen molar-refractivity contribution in [2.75, 3.05) is 0 Å². The Kier molecular flexibility index (Phi) is 8.99. The van der Waals surface area contributed by atoms with Gasteiger partial charge >= 0.3 is 0 Å². The molecule has 0 N–H and O–H groups in total. The Balaban J connectivity index is 1.51. The maximum atomic E-state index is 13.8. The summed E-state index contributed by atoms with van der Waals surface area (Å²) in [5, 5.41) is 0. The molecule has 3 aromatic carbocycles. The molecule has 3 aromatic rings. The van der Waals surface area contributed by atoms with Crippen LogP contribution in [0.5, 0.6) is 0 Å². The van der Waals surface area contributed by atoms with Gasteiger partial charge in [-0.15, -0.1) is 0 Å². The van der Waals surface area contributed by atoms with Crippen molar-refractivity contribution in [2.24, 2.45) is 0 Å². The predicted molar refractivity (Wildman–Crippen MR) is 157 cm³/mol. The Morgan fingerprint density at radius 2 is 1.36 bits per heavy atom. The fraction of sp³-hybridized carbons (Fsp3) is 0.441. The van der Waals surface area contributed by atoms with Crippen molar-refractivity contribution in [3.63, 3.8) is 0 Å². The molecule has 0 atom stereocenters. The lowest BCUT2D eigenvalue weighted by Crippen LogP contribution is -2.25. The minimum atomic E-state index is -3.63. The molecule has 1 aliphatic heterocycles. The van der Waals surface area contributed by atoms with Crippen LogP contribution in [0.2, 0.25) is 0 Å². The number of carbonyl (C=O) groups is 1. The summed E-state index contributed by atoms with van der Waals surface area (Å²) in [5.41, 5.74) is 7.58. The van der Waals surface area contributed by atoms with E-state index in [-0.39, 0.29) is 5.78 Å². The van der Waals surface area contributed by atoms with Crippen LogP contribution in [0.1, 0.15) is 102 Å². The Hall–Kier alpha value is -2.76. The number of rotatable bonds is 6. The molecule has 2 bridgehead atoms. The second-order valence-electron chi connectivity index (χ2n) is 11.3. The third-order valence-corrected chi connectivity index (χ3v) is 10.3. The highest BCUT2D eigenvalue weighted by Gasteiger charge is 2.35. The second kappa shape index (κ2) is 12.6. The summed E-state index contributed by atoms with van der Waals surface area (Å²) < 4.78 is 29.0. The van der Waals surface area contributed by atoms with Crippen LogP contribution in [0.25, 0.3) is 0 Å². The Labute approximate surface area is 234 Å². The maximum absolute atomic E-state index is 13.8. The van der Waals surface area contributed by atoms with E-state index in [1.165, 1.54) is 43.2 Å². The number of Topliss-reactive ketones (excluding diaryl/α,β-unsaturated/α-hetero) is 1. The molecule has 0 spiro atoms. The zero-order valence-corrected chi connectivity index (χ0v) is 24.1. The molecule has 0 amide bonds. The highest BCUT2D eigenvalue weighted by Crippen LogP contribution is 2.37. The second-order valence-corrected chi connectivity index (χ2v) is 13.3. The van der Waals surface area contributed by atoms with Crippen molar-refractivity contribution in [1.29, 1.82) is 0 Å². The number of hydrogen-bond acceptors (Lipinski definition) is 3. The van der Waals surface area contributed by atoms with E-state index >= 15 is 0 Å². The quantitative estimate of drug-likeness (QED) is 0.299. The number of aryl methyl sites for hydroxylation is 3. The van der Waals surface area contributed by atoms with Crippen molar-refractivity contribution in [3.8, 4) is 0 Å². The average Bonchev–Trinajstić information content (AvgIpc) is 3.41. The van der Waals surface area contributed by atoms with E-state index in [9.17, 15) is 13.2 Å². The normalized spacial score (nSPS) is 17.1. The van der Waals surface area contributed by atoms with Crippen LogP contribution in [0.4, 0.5) is 0 Å². The molecule has 1 heterocycles. The molecule has 1 aliphatic carbocycles. The third-order valence-electron chi connectivity index (χ3n) is 8.49. The van der Waals surface area contributed by atoms with Crippen LogP contribution in [-0.4, -0.2) is 18.5 Å². The number of fused-ring (bicyclic) bond motifs is 6. The molecule has 0 unspecified atom stereocenters. The summed E-state index contributed by atoms with van der Waals surface area (Å²) in [7, 11) is -3.63. The molecule has 5 heteroatoms. The monoisotopic (exact) mass is 543 g/mol. The van der Waals surface area contributed by atoms with Gasteiger partial charge in [0.05, 0.1) is 4.90 Å². The lowest BCUT2D eigenvalue weighted by Gasteiger charge is -2.18. The van der Waals surface area contributed by atoms with Gasteiger partial charge in [0.2, 0.25) is 10.0 Å². The minimum Gasteiger partial charge on any atom is -0.294 e. The van der Waals surface area contributed by atoms with Crippen molar-refractivity contribution < 1.29 is 13.2 Å². The summed E-state index contributed by atoms with van der Waals surface area (Å²) >= 11 is 0. The van der Waals surface area contributed by atoms with E-state index in [0.29, 0.717) is 24.4 Å². The van der Waals surface area contributed by atoms with E-state index in [4.69, 9.17) is 0 Å². The van der Waals surface area contributed by atoms with E-state index in [0.717, 1.165) is 66.3 Å². The van der Waals surface area contributed by atoms with Crippen LogP contribution < -0.4 is 0 Å². The molecular weight excluding hydrogens is 502 g/mol. The van der Waals surface area contributed by atoms with E-state index in [1.807, 2.05) is 37.3 Å². The standard InChI is InChI=1S/C34H41NO3S/c1-26-17-20-29(21-18-26)39(37,38)35-24-32-28-15-11-6-4-2-3-5-7-12-16-30(33(32)25-35)31(23-28)34(36)22-19-27-13-9-8-10-14-27/h8-10,13-14,17-18,20-21,23H,2-7,11-12,15-16,19,22,24-25H2,1H3. The van der Waals surface area contributed by atoms with Crippen molar-refractivity contribution in [3.05, 3.63) is 99.6 Å². The molecule has 2 aliphatic rings. The van der Waals surface area contributed by atoms with Crippen LogP contribution in [-0.2, 0) is 42.4 Å². The van der Waals surface area contributed by atoms with Gasteiger partial charge in [0.1, 0.15) is 0 Å². The molecule has 0 fully saturated rings. The van der Waals surface area contributed by atoms with Crippen molar-refractivity contribution >= 4 is 15.8 Å². The number of carbonyl (C=O) groups excluding carboxylic acids is 1. The number of benzene rings is 3. The molecular formula is C34H41NO3S. The minimum absolute atomic E-state index is 0.185. The Morgan fingerprint density at radius 3 is 2.05 bits per heavy atom. The summed E-state index contributed by atoms with van der Waals surface area (Å²) in [6.45, 7) is 2.72. The summed E-state index contributed by atoms with van der Waals surface area (Å²) in [6, 6.07) is 19.5. The number of ketones is 1. The topological polar surface area (TPSA) is 54.5 Å². The molecule has 4 nitrogen and oxygen atoms in total. The molecule has 5 rings (SSSR count). The van der Waals surface area contributed by atoms with Crippen LogP contribution in [0.3, 0.4) is 0 Å². The van der Waals surface area contributed by atoms with Crippen LogP contribution in [0, 0.1) is 6.92 Å². The molecule has 39 heavy (non-hydrogen) atoms. The first kappa shape index (κ1) is 27.8. The Morgan fingerprint density at radius 1 is 0.744 bits per heavy atom. The van der Waals surface area contributed by atoms with E-state index in [2.05, 4.69) is 18.2 Å². The molecule has 0 aromatic heterocycles. The van der Waals surface area contributed by atoms with Gasteiger partial charge in [-0.1, -0.05) is 86.6 Å². The van der Waals surface area contributed by atoms with Crippen molar-refractivity contribution in [1.82, 2.24) is 4.31 Å². The van der Waals surface area contributed by atoms with Gasteiger partial charge in [0, 0.05) is 25.1 Å². The van der Waals surface area contributed by atoms with Crippen molar-refractivity contribution in [2.45, 2.75) is 102 Å². The lowest BCUT2D eigenvalue weighted by molar-refractivity contribution is 0.0981. The zero-order chi connectivity index (χ0) is 27.2.